The van der Waals surface area contributed by atoms with Gasteiger partial charge < -0.3 is 30.4 Å². The molecule has 0 radical (unpaired) electrons. The maximum Gasteiger partial charge on any atom is 0.409 e. The van der Waals surface area contributed by atoms with E-state index in [0.717, 1.165) is 5.56 Å². The number of benzene rings is 3. The minimum atomic E-state index is -1.18. The Bertz CT molecular complexity index is 1950. The van der Waals surface area contributed by atoms with Gasteiger partial charge in [0.05, 0.1) is 24.9 Å². The van der Waals surface area contributed by atoms with Gasteiger partial charge in [-0.15, -0.1) is 5.10 Å². The topological polar surface area (TPSA) is 192 Å². The fourth-order valence-corrected chi connectivity index (χ4v) is 5.81. The number of nitrogens with zero attached hydrogens (tertiary/aromatic N) is 6. The van der Waals surface area contributed by atoms with Crippen LogP contribution in [0.15, 0.2) is 73.1 Å². The first-order chi connectivity index (χ1) is 23.7. The number of carboxylic acid groups (broad SMARTS) is 1. The molecule has 6 rings (SSSR count). The van der Waals surface area contributed by atoms with Crippen molar-refractivity contribution >= 4 is 46.9 Å². The molecule has 1 atom stereocenters. The summed E-state index contributed by atoms with van der Waals surface area (Å²) < 4.78 is 6.86. The molecule has 0 unspecified atom stereocenters. The van der Waals surface area contributed by atoms with Gasteiger partial charge in [-0.1, -0.05) is 47.5 Å². The number of anilines is 1. The molecule has 17 heteroatoms. The number of aromatic amines is 1. The molecule has 1 aliphatic rings. The van der Waals surface area contributed by atoms with Gasteiger partial charge in [0.2, 0.25) is 0 Å². The molecular weight excluding hydrogens is 675 g/mol. The number of urea groups is 1. The molecule has 2 aromatic heterocycles. The zero-order valence-corrected chi connectivity index (χ0v) is 27.3. The number of ether oxygens (including phenoxy) is 1. The van der Waals surface area contributed by atoms with E-state index in [0.29, 0.717) is 70.9 Å². The van der Waals surface area contributed by atoms with Crippen LogP contribution in [0.5, 0.6) is 0 Å². The molecule has 1 fully saturated rings. The Balaban J connectivity index is 1.25. The molecule has 3 aromatic carbocycles. The van der Waals surface area contributed by atoms with Crippen LogP contribution in [0.25, 0.3) is 16.9 Å². The predicted octanol–water partition coefficient (Wildman–Crippen LogP) is 4.70. The number of amides is 4. The first-order valence-corrected chi connectivity index (χ1v) is 15.9. The number of aromatic nitrogens is 6. The Morgan fingerprint density at radius 1 is 1.02 bits per heavy atom. The van der Waals surface area contributed by atoms with Crippen molar-refractivity contribution < 1.29 is 24.2 Å². The summed E-state index contributed by atoms with van der Waals surface area (Å²) in [7, 11) is 0. The van der Waals surface area contributed by atoms with Crippen molar-refractivity contribution in [2.45, 2.75) is 19.0 Å². The van der Waals surface area contributed by atoms with Crippen molar-refractivity contribution in [2.24, 2.45) is 0 Å². The average Bonchev–Trinajstić information content (AvgIpc) is 3.78. The number of morpholine rings is 1. The highest BCUT2D eigenvalue weighted by atomic mass is 35.5. The summed E-state index contributed by atoms with van der Waals surface area (Å²) in [5.74, 6) is 0.265. The van der Waals surface area contributed by atoms with E-state index in [1.165, 1.54) is 11.0 Å². The van der Waals surface area contributed by atoms with Gasteiger partial charge in [0.1, 0.15) is 23.0 Å². The average molecular weight is 706 g/mol. The molecule has 1 saturated heterocycles. The fraction of sp³-hybridized carbons (Fsp3) is 0.219. The number of nitrogens with one attached hydrogen (secondary N) is 4. The molecule has 49 heavy (non-hydrogen) atoms. The quantitative estimate of drug-likeness (QED) is 0.137. The summed E-state index contributed by atoms with van der Waals surface area (Å²) in [6, 6.07) is 17.7. The van der Waals surface area contributed by atoms with E-state index in [-0.39, 0.29) is 24.0 Å². The van der Waals surface area contributed by atoms with E-state index < -0.39 is 18.2 Å². The van der Waals surface area contributed by atoms with Crippen LogP contribution >= 0.6 is 23.2 Å². The number of halogens is 2. The monoisotopic (exact) mass is 704 g/mol. The molecule has 1 aliphatic heterocycles. The van der Waals surface area contributed by atoms with E-state index in [1.54, 1.807) is 65.6 Å². The Morgan fingerprint density at radius 3 is 2.55 bits per heavy atom. The highest BCUT2D eigenvalue weighted by molar-refractivity contribution is 6.32. The molecule has 0 aliphatic carbocycles. The first kappa shape index (κ1) is 33.4. The van der Waals surface area contributed by atoms with Crippen molar-refractivity contribution in [3.05, 3.63) is 106 Å². The van der Waals surface area contributed by atoms with E-state index in [1.807, 2.05) is 6.07 Å². The molecule has 15 nitrogen and oxygen atoms in total. The zero-order chi connectivity index (χ0) is 34.3. The molecule has 252 valence electrons. The van der Waals surface area contributed by atoms with Crippen LogP contribution in [-0.4, -0.2) is 84.5 Å². The van der Waals surface area contributed by atoms with Gasteiger partial charge in [-0.3, -0.25) is 10.1 Å². The summed E-state index contributed by atoms with van der Waals surface area (Å²) in [4.78, 5) is 47.2. The van der Waals surface area contributed by atoms with Crippen molar-refractivity contribution in [3.63, 3.8) is 0 Å². The lowest BCUT2D eigenvalue weighted by Gasteiger charge is -2.27. The predicted molar refractivity (Wildman–Crippen MR) is 180 cm³/mol. The van der Waals surface area contributed by atoms with Gasteiger partial charge in [-0.2, -0.15) is 0 Å². The number of hydrogen-bond acceptors (Lipinski definition) is 8. The smallest absolute Gasteiger partial charge is 0.409 e. The van der Waals surface area contributed by atoms with Crippen LogP contribution in [0.3, 0.4) is 0 Å². The van der Waals surface area contributed by atoms with Crippen LogP contribution in [-0.2, 0) is 17.7 Å². The van der Waals surface area contributed by atoms with Gasteiger partial charge in [0.15, 0.2) is 0 Å². The summed E-state index contributed by atoms with van der Waals surface area (Å²) >= 11 is 12.9. The lowest BCUT2D eigenvalue weighted by atomic mass is 10.0. The summed E-state index contributed by atoms with van der Waals surface area (Å²) in [6.45, 7) is 2.09. The number of carbonyl (C=O) groups excluding carboxylic acids is 2. The van der Waals surface area contributed by atoms with Gasteiger partial charge in [0.25, 0.3) is 5.91 Å². The first-order valence-electron chi connectivity index (χ1n) is 15.1. The highest BCUT2D eigenvalue weighted by Crippen LogP contribution is 2.30. The summed E-state index contributed by atoms with van der Waals surface area (Å²) in [6.07, 6.45) is 0.516. The maximum atomic E-state index is 13.4. The van der Waals surface area contributed by atoms with Crippen LogP contribution in [0.2, 0.25) is 10.2 Å². The molecular formula is C32H30Cl2N10O5. The molecule has 3 heterocycles. The van der Waals surface area contributed by atoms with E-state index in [9.17, 15) is 14.4 Å². The second-order valence-corrected chi connectivity index (χ2v) is 11.8. The molecule has 5 aromatic rings. The Morgan fingerprint density at radius 2 is 1.82 bits per heavy atom. The molecule has 0 bridgehead atoms. The van der Waals surface area contributed by atoms with Gasteiger partial charge in [-0.05, 0) is 70.4 Å². The second-order valence-electron chi connectivity index (χ2n) is 11.0. The van der Waals surface area contributed by atoms with Crippen molar-refractivity contribution in [2.75, 3.05) is 31.6 Å². The lowest BCUT2D eigenvalue weighted by Crippen LogP contribution is -2.40. The number of H-pyrrole nitrogens is 1. The Hall–Kier alpha value is -5.51. The van der Waals surface area contributed by atoms with Gasteiger partial charge >= 0.3 is 12.1 Å². The van der Waals surface area contributed by atoms with Crippen molar-refractivity contribution in [3.8, 4) is 16.9 Å². The third-order valence-corrected chi connectivity index (χ3v) is 8.22. The third-order valence-electron chi connectivity index (χ3n) is 7.71. The number of imidazole rings is 1. The number of carbonyl (C=O) groups is 3. The largest absolute Gasteiger partial charge is 0.465 e. The van der Waals surface area contributed by atoms with E-state index >= 15 is 0 Å². The summed E-state index contributed by atoms with van der Waals surface area (Å²) in [5.41, 5.74) is 4.02. The van der Waals surface area contributed by atoms with Crippen LogP contribution in [0, 0.1) is 0 Å². The normalized spacial score (nSPS) is 13.5. The number of hydrogen-bond donors (Lipinski definition) is 5. The maximum absolute atomic E-state index is 13.4. The standard InChI is InChI=1S/C32H30Cl2N10O5/c33-23-6-9-26(44-18-36-41-42-44)22(16-23)17-35-31(46)38-25(15-19-2-1-3-21(14-19)30(45)43-10-12-49-13-11-43)29-39-27(28(34)40-29)20-4-7-24(8-5-20)37-32(47)48/h1-9,14,16,18,25,37H,10-13,15,17H2,(H,39,40)(H,47,48)(H2,35,38,46)/t25-/m0/s1. The van der Waals surface area contributed by atoms with Crippen molar-refractivity contribution in [1.82, 2.24) is 45.7 Å². The number of rotatable bonds is 10. The minimum absolute atomic E-state index is 0.0960. The van der Waals surface area contributed by atoms with Gasteiger partial charge in [0, 0.05) is 41.5 Å². The number of tetrazole rings is 1. The van der Waals surface area contributed by atoms with E-state index in [4.69, 9.17) is 38.0 Å². The van der Waals surface area contributed by atoms with Crippen molar-refractivity contribution in [1.29, 1.82) is 0 Å². The lowest BCUT2D eigenvalue weighted by molar-refractivity contribution is 0.0303. The fourth-order valence-electron chi connectivity index (χ4n) is 5.37. The Kier molecular flexibility index (Phi) is 10.3. The second kappa shape index (κ2) is 15.1. The molecule has 0 spiro atoms. The summed E-state index contributed by atoms with van der Waals surface area (Å²) in [5, 5.41) is 29.2. The van der Waals surface area contributed by atoms with Crippen LogP contribution < -0.4 is 16.0 Å². The minimum Gasteiger partial charge on any atom is -0.465 e. The molecule has 5 N–H and O–H groups in total. The van der Waals surface area contributed by atoms with Crippen LogP contribution in [0.4, 0.5) is 15.3 Å². The van der Waals surface area contributed by atoms with Gasteiger partial charge in [-0.25, -0.2) is 19.3 Å². The highest BCUT2D eigenvalue weighted by Gasteiger charge is 2.24. The Labute approximate surface area is 289 Å². The molecule has 4 amide bonds. The van der Waals surface area contributed by atoms with E-state index in [2.05, 4.69) is 36.5 Å². The van der Waals surface area contributed by atoms with Crippen LogP contribution in [0.1, 0.15) is 33.4 Å². The molecule has 0 saturated carbocycles. The SMILES string of the molecule is O=C(O)Nc1ccc(-c2nc([C@H](Cc3cccc(C(=O)N4CCOCC4)c3)NC(=O)NCc3cc(Cl)ccc3-n3cnnn3)[nH]c2Cl)cc1. The third kappa shape index (κ3) is 8.32. The zero-order valence-electron chi connectivity index (χ0n) is 25.8.